The Bertz CT molecular complexity index is 1280. The Morgan fingerprint density at radius 2 is 2.00 bits per heavy atom. The van der Waals surface area contributed by atoms with Gasteiger partial charge in [0.25, 0.3) is 5.91 Å². The maximum Gasteiger partial charge on any atom is 0.316 e. The molecular formula is C22H22ClN3O5S2. The number of carbonyl (C=O) groups excluding carboxylic acids is 2. The van der Waals surface area contributed by atoms with Gasteiger partial charge in [-0.3, -0.25) is 9.59 Å². The molecule has 1 unspecified atom stereocenters. The van der Waals surface area contributed by atoms with Crippen molar-refractivity contribution in [2.24, 2.45) is 0 Å². The number of nitrogens with zero attached hydrogens (tertiary/aromatic N) is 2. The van der Waals surface area contributed by atoms with Crippen LogP contribution in [0.25, 0.3) is 11.0 Å². The number of fused-ring (bicyclic) bond motifs is 1. The van der Waals surface area contributed by atoms with E-state index in [1.165, 1.54) is 11.8 Å². The lowest BCUT2D eigenvalue weighted by molar-refractivity contribution is -0.146. The fourth-order valence-corrected chi connectivity index (χ4v) is 6.25. The zero-order valence-electron chi connectivity index (χ0n) is 17.6. The van der Waals surface area contributed by atoms with Crippen LogP contribution in [0.15, 0.2) is 53.7 Å². The van der Waals surface area contributed by atoms with Gasteiger partial charge in [-0.05, 0) is 30.2 Å². The summed E-state index contributed by atoms with van der Waals surface area (Å²) in [7, 11) is -3.10. The molecule has 1 aliphatic heterocycles. The molecule has 8 nitrogen and oxygen atoms in total. The molecule has 1 saturated heterocycles. The lowest BCUT2D eigenvalue weighted by Gasteiger charge is -2.11. The molecule has 1 amide bonds. The molecule has 11 heteroatoms. The molecule has 0 spiro atoms. The van der Waals surface area contributed by atoms with Gasteiger partial charge in [-0.15, -0.1) is 0 Å². The van der Waals surface area contributed by atoms with E-state index >= 15 is 0 Å². The smallest absolute Gasteiger partial charge is 0.316 e. The maximum atomic E-state index is 12.2. The molecule has 0 aliphatic carbocycles. The number of sulfone groups is 1. The van der Waals surface area contributed by atoms with Gasteiger partial charge in [0, 0.05) is 11.1 Å². The SMILES string of the molecule is O=C(COC(=O)CSc1nc2cc(Cl)ccc2n1Cc1ccccc1)NC1CCS(=O)(=O)C1. The monoisotopic (exact) mass is 507 g/mol. The van der Waals surface area contributed by atoms with Crippen LogP contribution >= 0.6 is 23.4 Å². The summed E-state index contributed by atoms with van der Waals surface area (Å²) in [5.41, 5.74) is 2.70. The van der Waals surface area contributed by atoms with Crippen molar-refractivity contribution < 1.29 is 22.7 Å². The quantitative estimate of drug-likeness (QED) is 0.369. The Kier molecular flexibility index (Phi) is 7.26. The van der Waals surface area contributed by atoms with Gasteiger partial charge in [0.05, 0.1) is 34.8 Å². The lowest BCUT2D eigenvalue weighted by atomic mass is 10.2. The summed E-state index contributed by atoms with van der Waals surface area (Å²) in [5, 5.41) is 3.80. The molecule has 1 N–H and O–H groups in total. The molecule has 3 aromatic rings. The maximum absolute atomic E-state index is 12.2. The average molecular weight is 508 g/mol. The summed E-state index contributed by atoms with van der Waals surface area (Å²) >= 11 is 7.33. The largest absolute Gasteiger partial charge is 0.455 e. The Morgan fingerprint density at radius 3 is 2.73 bits per heavy atom. The van der Waals surface area contributed by atoms with Crippen molar-refractivity contribution in [3.8, 4) is 0 Å². The van der Waals surface area contributed by atoms with Crippen molar-refractivity contribution >= 4 is 56.1 Å². The number of aromatic nitrogens is 2. The number of imidazole rings is 1. The van der Waals surface area contributed by atoms with Crippen molar-refractivity contribution in [2.45, 2.75) is 24.2 Å². The predicted molar refractivity (Wildman–Crippen MR) is 127 cm³/mol. The van der Waals surface area contributed by atoms with E-state index in [0.717, 1.165) is 16.6 Å². The molecule has 1 fully saturated rings. The van der Waals surface area contributed by atoms with Crippen molar-refractivity contribution in [2.75, 3.05) is 23.9 Å². The molecule has 1 aromatic heterocycles. The average Bonchev–Trinajstić information content (AvgIpc) is 3.29. The topological polar surface area (TPSA) is 107 Å². The van der Waals surface area contributed by atoms with E-state index in [9.17, 15) is 18.0 Å². The van der Waals surface area contributed by atoms with Gasteiger partial charge in [-0.25, -0.2) is 13.4 Å². The fourth-order valence-electron chi connectivity index (χ4n) is 3.60. The molecule has 0 radical (unpaired) electrons. The minimum Gasteiger partial charge on any atom is -0.455 e. The number of ether oxygens (including phenoxy) is 1. The number of rotatable bonds is 8. The highest BCUT2D eigenvalue weighted by atomic mass is 35.5. The number of thioether (sulfide) groups is 1. The first-order valence-electron chi connectivity index (χ1n) is 10.3. The molecule has 0 bridgehead atoms. The van der Waals surface area contributed by atoms with Crippen LogP contribution in [-0.4, -0.2) is 59.8 Å². The van der Waals surface area contributed by atoms with E-state index in [1.54, 1.807) is 12.1 Å². The summed E-state index contributed by atoms with van der Waals surface area (Å²) in [6.45, 7) is 0.120. The summed E-state index contributed by atoms with van der Waals surface area (Å²) in [5.74, 6) is -1.13. The highest BCUT2D eigenvalue weighted by Gasteiger charge is 2.29. The van der Waals surface area contributed by atoms with Crippen LogP contribution in [-0.2, 0) is 30.7 Å². The van der Waals surface area contributed by atoms with Gasteiger partial charge in [-0.1, -0.05) is 53.7 Å². The van der Waals surface area contributed by atoms with Crippen molar-refractivity contribution in [3.63, 3.8) is 0 Å². The van der Waals surface area contributed by atoms with Gasteiger partial charge in [0.1, 0.15) is 0 Å². The zero-order chi connectivity index (χ0) is 23.4. The number of amides is 1. The van der Waals surface area contributed by atoms with E-state index in [1.807, 2.05) is 41.0 Å². The Balaban J connectivity index is 1.36. The Morgan fingerprint density at radius 1 is 1.21 bits per heavy atom. The molecule has 2 heterocycles. The number of benzene rings is 2. The van der Waals surface area contributed by atoms with Crippen molar-refractivity contribution in [1.82, 2.24) is 14.9 Å². The van der Waals surface area contributed by atoms with Crippen LogP contribution < -0.4 is 5.32 Å². The van der Waals surface area contributed by atoms with Crippen LogP contribution in [0.3, 0.4) is 0 Å². The predicted octanol–water partition coefficient (Wildman–Crippen LogP) is 2.68. The highest BCUT2D eigenvalue weighted by Crippen LogP contribution is 2.27. The van der Waals surface area contributed by atoms with Gasteiger partial charge < -0.3 is 14.6 Å². The Labute approximate surface area is 200 Å². The standard InChI is InChI=1S/C22H22ClN3O5S2/c23-16-6-7-19-18(10-16)25-22(26(19)11-15-4-2-1-3-5-15)32-13-21(28)31-12-20(27)24-17-8-9-33(29,30)14-17/h1-7,10,17H,8-9,11-14H2,(H,24,27). The molecule has 4 rings (SSSR count). The third kappa shape index (κ3) is 6.27. The van der Waals surface area contributed by atoms with Crippen LogP contribution in [0.1, 0.15) is 12.0 Å². The van der Waals surface area contributed by atoms with Crippen LogP contribution in [0, 0.1) is 0 Å². The third-order valence-electron chi connectivity index (χ3n) is 5.14. The minimum atomic E-state index is -3.10. The van der Waals surface area contributed by atoms with Gasteiger partial charge >= 0.3 is 5.97 Å². The molecule has 174 valence electrons. The molecule has 1 aliphatic rings. The number of carbonyl (C=O) groups is 2. The molecule has 1 atom stereocenters. The van der Waals surface area contributed by atoms with E-state index in [2.05, 4.69) is 10.3 Å². The zero-order valence-corrected chi connectivity index (χ0v) is 20.0. The third-order valence-corrected chi connectivity index (χ3v) is 8.09. The second kappa shape index (κ2) is 10.1. The van der Waals surface area contributed by atoms with Crippen LogP contribution in [0.4, 0.5) is 0 Å². The van der Waals surface area contributed by atoms with Gasteiger partial charge in [0.15, 0.2) is 21.6 Å². The lowest BCUT2D eigenvalue weighted by Crippen LogP contribution is -2.38. The number of nitrogens with one attached hydrogen (secondary N) is 1. The number of esters is 1. The van der Waals surface area contributed by atoms with Crippen molar-refractivity contribution in [1.29, 1.82) is 0 Å². The summed E-state index contributed by atoms with van der Waals surface area (Å²) in [4.78, 5) is 28.8. The fraction of sp³-hybridized carbons (Fsp3) is 0.318. The number of hydrogen-bond acceptors (Lipinski definition) is 7. The van der Waals surface area contributed by atoms with E-state index in [0.29, 0.717) is 23.1 Å². The molecule has 2 aromatic carbocycles. The molecule has 0 saturated carbocycles. The highest BCUT2D eigenvalue weighted by molar-refractivity contribution is 7.99. The van der Waals surface area contributed by atoms with E-state index in [4.69, 9.17) is 16.3 Å². The molecular weight excluding hydrogens is 486 g/mol. The van der Waals surface area contributed by atoms with Crippen LogP contribution in [0.5, 0.6) is 0 Å². The van der Waals surface area contributed by atoms with Gasteiger partial charge in [0.2, 0.25) is 0 Å². The first-order chi connectivity index (χ1) is 15.8. The summed E-state index contributed by atoms with van der Waals surface area (Å²) in [6.07, 6.45) is 0.375. The Hall–Kier alpha value is -2.56. The number of hydrogen-bond donors (Lipinski definition) is 1. The minimum absolute atomic E-state index is 0.0308. The first-order valence-corrected chi connectivity index (χ1v) is 13.5. The summed E-state index contributed by atoms with van der Waals surface area (Å²) in [6, 6.07) is 14.9. The normalized spacial score (nSPS) is 17.2. The van der Waals surface area contributed by atoms with Gasteiger partial charge in [-0.2, -0.15) is 0 Å². The van der Waals surface area contributed by atoms with E-state index in [-0.39, 0.29) is 17.3 Å². The second-order valence-corrected chi connectivity index (χ2v) is 11.3. The molecule has 33 heavy (non-hydrogen) atoms. The first kappa shape index (κ1) is 23.6. The van der Waals surface area contributed by atoms with Crippen molar-refractivity contribution in [3.05, 3.63) is 59.1 Å². The summed E-state index contributed by atoms with van der Waals surface area (Å²) < 4.78 is 30.0. The van der Waals surface area contributed by atoms with Crippen LogP contribution in [0.2, 0.25) is 5.02 Å². The second-order valence-electron chi connectivity index (χ2n) is 7.72. The number of halogens is 1. The van der Waals surface area contributed by atoms with E-state index < -0.39 is 34.4 Å².